The predicted octanol–water partition coefficient (Wildman–Crippen LogP) is 5.88. The summed E-state index contributed by atoms with van der Waals surface area (Å²) in [5.74, 6) is 0.730. The fourth-order valence-corrected chi connectivity index (χ4v) is 3.38. The number of benzene rings is 3. The van der Waals surface area contributed by atoms with Crippen LogP contribution in [0.2, 0.25) is 0 Å². The number of nitrogens with one attached hydrogen (secondary N) is 1. The molecule has 1 N–H and O–H groups in total. The Kier molecular flexibility index (Phi) is 8.46. The van der Waals surface area contributed by atoms with E-state index in [-0.39, 0.29) is 5.91 Å². The van der Waals surface area contributed by atoms with Crippen LogP contribution in [0.25, 0.3) is 10.8 Å². The van der Waals surface area contributed by atoms with Gasteiger partial charge < -0.3 is 4.74 Å². The van der Waals surface area contributed by atoms with Crippen molar-refractivity contribution in [1.82, 2.24) is 5.43 Å². The monoisotopic (exact) mass is 402 g/mol. The molecule has 3 aromatic carbocycles. The average Bonchev–Trinajstić information content (AvgIpc) is 2.77. The summed E-state index contributed by atoms with van der Waals surface area (Å²) in [4.78, 5) is 12.3. The van der Waals surface area contributed by atoms with Crippen molar-refractivity contribution in [2.24, 2.45) is 5.10 Å². The number of carbonyl (C=O) groups is 1. The molecular weight excluding hydrogens is 372 g/mol. The Bertz CT molecular complexity index is 959. The lowest BCUT2D eigenvalue weighted by Gasteiger charge is -2.06. The van der Waals surface area contributed by atoms with Gasteiger partial charge in [0.15, 0.2) is 0 Å². The van der Waals surface area contributed by atoms with Gasteiger partial charge >= 0.3 is 0 Å². The molecule has 1 amide bonds. The number of hydrogen-bond donors (Lipinski definition) is 1. The maximum atomic E-state index is 12.3. The molecule has 0 aromatic heterocycles. The summed E-state index contributed by atoms with van der Waals surface area (Å²) in [6.07, 6.45) is 8.09. The lowest BCUT2D eigenvalue weighted by Crippen LogP contribution is -2.19. The predicted molar refractivity (Wildman–Crippen MR) is 124 cm³/mol. The fourth-order valence-electron chi connectivity index (χ4n) is 3.38. The molecule has 0 heterocycles. The summed E-state index contributed by atoms with van der Waals surface area (Å²) in [6.45, 7) is 2.97. The highest BCUT2D eigenvalue weighted by atomic mass is 16.5. The van der Waals surface area contributed by atoms with Crippen LogP contribution in [-0.4, -0.2) is 18.7 Å². The van der Waals surface area contributed by atoms with Gasteiger partial charge in [-0.1, -0.05) is 75.1 Å². The van der Waals surface area contributed by atoms with Crippen LogP contribution in [0.15, 0.2) is 71.8 Å². The molecule has 4 nitrogen and oxygen atoms in total. The minimum Gasteiger partial charge on any atom is -0.494 e. The molecule has 0 aliphatic rings. The molecule has 0 saturated heterocycles. The van der Waals surface area contributed by atoms with Crippen molar-refractivity contribution in [1.29, 1.82) is 0 Å². The van der Waals surface area contributed by atoms with E-state index < -0.39 is 0 Å². The number of carbonyl (C=O) groups excluding carboxylic acids is 1. The minimum atomic E-state index is -0.134. The van der Waals surface area contributed by atoms with E-state index in [1.54, 1.807) is 6.21 Å². The first-order chi connectivity index (χ1) is 14.8. The van der Waals surface area contributed by atoms with E-state index in [0.29, 0.717) is 6.42 Å². The Balaban J connectivity index is 1.44. The molecule has 0 saturated carbocycles. The molecule has 4 heteroatoms. The van der Waals surface area contributed by atoms with E-state index in [1.165, 1.54) is 25.7 Å². The topological polar surface area (TPSA) is 50.7 Å². The first-order valence-corrected chi connectivity index (χ1v) is 10.8. The van der Waals surface area contributed by atoms with Crippen molar-refractivity contribution < 1.29 is 9.53 Å². The molecule has 0 atom stereocenters. The molecule has 3 aromatic rings. The van der Waals surface area contributed by atoms with Gasteiger partial charge in [0.05, 0.1) is 19.2 Å². The normalized spacial score (nSPS) is 11.1. The largest absolute Gasteiger partial charge is 0.494 e. The highest BCUT2D eigenvalue weighted by molar-refractivity contribution is 5.90. The number of nitrogens with zero attached hydrogens (tertiary/aromatic N) is 1. The van der Waals surface area contributed by atoms with E-state index >= 15 is 0 Å². The minimum absolute atomic E-state index is 0.134. The van der Waals surface area contributed by atoms with Crippen LogP contribution in [0.4, 0.5) is 0 Å². The van der Waals surface area contributed by atoms with Gasteiger partial charge in [0.1, 0.15) is 5.75 Å². The SMILES string of the molecule is CCCCCCCOc1ccc(C=NNC(=O)Cc2cccc3ccccc23)cc1. The smallest absolute Gasteiger partial charge is 0.244 e. The van der Waals surface area contributed by atoms with Crippen molar-refractivity contribution >= 4 is 22.9 Å². The quantitative estimate of drug-likeness (QED) is 0.247. The molecule has 30 heavy (non-hydrogen) atoms. The maximum Gasteiger partial charge on any atom is 0.244 e. The van der Waals surface area contributed by atoms with E-state index in [9.17, 15) is 4.79 Å². The second-order valence-corrected chi connectivity index (χ2v) is 7.44. The van der Waals surface area contributed by atoms with Crippen molar-refractivity contribution in [2.45, 2.75) is 45.4 Å². The molecule has 156 valence electrons. The summed E-state index contributed by atoms with van der Waals surface area (Å²) < 4.78 is 5.77. The lowest BCUT2D eigenvalue weighted by atomic mass is 10.0. The van der Waals surface area contributed by atoms with Gasteiger partial charge in [-0.05, 0) is 52.6 Å². The standard InChI is InChI=1S/C26H30N2O2/c1-2-3-4-5-8-18-30-24-16-14-21(15-17-24)20-27-28-26(29)19-23-12-9-11-22-10-6-7-13-25(22)23/h6-7,9-17,20H,2-5,8,18-19H2,1H3,(H,28,29). The van der Waals surface area contributed by atoms with E-state index in [2.05, 4.69) is 29.6 Å². The summed E-state index contributed by atoms with van der Waals surface area (Å²) >= 11 is 0. The lowest BCUT2D eigenvalue weighted by molar-refractivity contribution is -0.120. The number of hydrazone groups is 1. The average molecular weight is 403 g/mol. The van der Waals surface area contributed by atoms with E-state index in [4.69, 9.17) is 4.74 Å². The summed E-state index contributed by atoms with van der Waals surface area (Å²) in [6, 6.07) is 21.8. The zero-order valence-electron chi connectivity index (χ0n) is 17.6. The Labute approximate surface area is 179 Å². The molecular formula is C26H30N2O2. The highest BCUT2D eigenvalue weighted by Crippen LogP contribution is 2.18. The van der Waals surface area contributed by atoms with Crippen LogP contribution in [0.5, 0.6) is 5.75 Å². The van der Waals surface area contributed by atoms with Crippen molar-refractivity contribution in [3.05, 3.63) is 77.9 Å². The van der Waals surface area contributed by atoms with E-state index in [0.717, 1.165) is 40.7 Å². The number of unbranched alkanes of at least 4 members (excludes halogenated alkanes) is 4. The Morgan fingerprint density at radius 3 is 2.53 bits per heavy atom. The summed E-state index contributed by atoms with van der Waals surface area (Å²) in [7, 11) is 0. The summed E-state index contributed by atoms with van der Waals surface area (Å²) in [5, 5.41) is 6.32. The van der Waals surface area contributed by atoms with Gasteiger partial charge in [0.25, 0.3) is 0 Å². The molecule has 0 bridgehead atoms. The van der Waals surface area contributed by atoms with Gasteiger partial charge in [-0.3, -0.25) is 4.79 Å². The maximum absolute atomic E-state index is 12.3. The molecule has 0 aliphatic carbocycles. The van der Waals surface area contributed by atoms with Gasteiger partial charge in [0, 0.05) is 0 Å². The summed E-state index contributed by atoms with van der Waals surface area (Å²) in [5.41, 5.74) is 4.53. The third-order valence-corrected chi connectivity index (χ3v) is 5.03. The zero-order chi connectivity index (χ0) is 21.0. The molecule has 0 aliphatic heterocycles. The molecule has 0 spiro atoms. The van der Waals surface area contributed by atoms with Gasteiger partial charge in [-0.2, -0.15) is 5.10 Å². The van der Waals surface area contributed by atoms with Crippen molar-refractivity contribution in [2.75, 3.05) is 6.61 Å². The molecule has 0 unspecified atom stereocenters. The van der Waals surface area contributed by atoms with Crippen LogP contribution in [0.1, 0.15) is 50.2 Å². The number of amides is 1. The second-order valence-electron chi connectivity index (χ2n) is 7.44. The van der Waals surface area contributed by atoms with Crippen molar-refractivity contribution in [3.63, 3.8) is 0 Å². The number of fused-ring (bicyclic) bond motifs is 1. The number of ether oxygens (including phenoxy) is 1. The Morgan fingerprint density at radius 1 is 0.933 bits per heavy atom. The Hall–Kier alpha value is -3.14. The number of rotatable bonds is 11. The molecule has 0 fully saturated rings. The first kappa shape index (κ1) is 21.6. The molecule has 0 radical (unpaired) electrons. The van der Waals surface area contributed by atoms with Gasteiger partial charge in [-0.25, -0.2) is 5.43 Å². The third kappa shape index (κ3) is 6.73. The van der Waals surface area contributed by atoms with Gasteiger partial charge in [-0.15, -0.1) is 0 Å². The first-order valence-electron chi connectivity index (χ1n) is 10.8. The van der Waals surface area contributed by atoms with E-state index in [1.807, 2.05) is 54.6 Å². The second kappa shape index (κ2) is 11.8. The molecule has 3 rings (SSSR count). The fraction of sp³-hybridized carbons (Fsp3) is 0.308. The highest BCUT2D eigenvalue weighted by Gasteiger charge is 2.05. The van der Waals surface area contributed by atoms with Crippen LogP contribution in [0.3, 0.4) is 0 Å². The number of hydrogen-bond acceptors (Lipinski definition) is 3. The zero-order valence-corrected chi connectivity index (χ0v) is 17.6. The van der Waals surface area contributed by atoms with Crippen LogP contribution >= 0.6 is 0 Å². The third-order valence-electron chi connectivity index (χ3n) is 5.03. The Morgan fingerprint density at radius 2 is 1.70 bits per heavy atom. The van der Waals surface area contributed by atoms with Gasteiger partial charge in [0.2, 0.25) is 5.91 Å². The van der Waals surface area contributed by atoms with Crippen molar-refractivity contribution in [3.8, 4) is 5.75 Å². The van der Waals surface area contributed by atoms with Crippen LogP contribution in [-0.2, 0) is 11.2 Å². The van der Waals surface area contributed by atoms with Crippen LogP contribution < -0.4 is 10.2 Å². The van der Waals surface area contributed by atoms with Crippen LogP contribution in [0, 0.1) is 0 Å².